The SMILES string of the molecule is CCOc1ccccc1NC(=O)[C@H]1CC(=O)c2ccccc21. The molecule has 0 heterocycles. The van der Waals surface area contributed by atoms with Crippen LogP contribution in [0, 0.1) is 0 Å². The summed E-state index contributed by atoms with van der Waals surface area (Å²) in [5, 5.41) is 2.88. The third kappa shape index (κ3) is 2.60. The maximum Gasteiger partial charge on any atom is 0.232 e. The Morgan fingerprint density at radius 1 is 1.18 bits per heavy atom. The number of rotatable bonds is 4. The Hall–Kier alpha value is -2.62. The molecule has 1 aliphatic carbocycles. The van der Waals surface area contributed by atoms with Crippen LogP contribution in [0.25, 0.3) is 0 Å². The van der Waals surface area contributed by atoms with Gasteiger partial charge in [-0.3, -0.25) is 9.59 Å². The molecule has 0 saturated heterocycles. The van der Waals surface area contributed by atoms with Crippen molar-refractivity contribution in [3.05, 3.63) is 59.7 Å². The van der Waals surface area contributed by atoms with Crippen LogP contribution < -0.4 is 10.1 Å². The van der Waals surface area contributed by atoms with Crippen molar-refractivity contribution in [2.24, 2.45) is 0 Å². The maximum atomic E-state index is 12.6. The van der Waals surface area contributed by atoms with Crippen LogP contribution in [0.2, 0.25) is 0 Å². The summed E-state index contributed by atoms with van der Waals surface area (Å²) in [7, 11) is 0. The molecule has 0 spiro atoms. The summed E-state index contributed by atoms with van der Waals surface area (Å²) in [4.78, 5) is 24.6. The minimum Gasteiger partial charge on any atom is -0.492 e. The highest BCUT2D eigenvalue weighted by atomic mass is 16.5. The third-order valence-corrected chi connectivity index (χ3v) is 3.79. The summed E-state index contributed by atoms with van der Waals surface area (Å²) in [6, 6.07) is 14.6. The van der Waals surface area contributed by atoms with Gasteiger partial charge in [0.05, 0.1) is 18.2 Å². The monoisotopic (exact) mass is 295 g/mol. The molecule has 2 aromatic carbocycles. The lowest BCUT2D eigenvalue weighted by molar-refractivity contribution is -0.117. The molecule has 0 unspecified atom stereocenters. The Morgan fingerprint density at radius 2 is 1.91 bits per heavy atom. The zero-order valence-electron chi connectivity index (χ0n) is 12.3. The second-order valence-electron chi connectivity index (χ2n) is 5.19. The number of anilines is 1. The number of ether oxygens (including phenoxy) is 1. The van der Waals surface area contributed by atoms with Gasteiger partial charge in [0.15, 0.2) is 5.78 Å². The number of nitrogens with one attached hydrogen (secondary N) is 1. The van der Waals surface area contributed by atoms with Crippen molar-refractivity contribution in [2.45, 2.75) is 19.3 Å². The fourth-order valence-electron chi connectivity index (χ4n) is 2.77. The summed E-state index contributed by atoms with van der Waals surface area (Å²) in [6.07, 6.45) is 0.224. The van der Waals surface area contributed by atoms with Gasteiger partial charge in [0.2, 0.25) is 5.91 Å². The molecular weight excluding hydrogens is 278 g/mol. The number of Topliss-reactive ketones (excluding diaryl/α,β-unsaturated/α-hetero) is 1. The predicted octanol–water partition coefficient (Wildman–Crippen LogP) is 3.39. The highest BCUT2D eigenvalue weighted by Crippen LogP contribution is 2.34. The van der Waals surface area contributed by atoms with Gasteiger partial charge in [-0.05, 0) is 24.6 Å². The number of carbonyl (C=O) groups is 2. The van der Waals surface area contributed by atoms with Crippen LogP contribution in [-0.2, 0) is 4.79 Å². The number of carbonyl (C=O) groups excluding carboxylic acids is 2. The van der Waals surface area contributed by atoms with E-state index in [-0.39, 0.29) is 18.1 Å². The van der Waals surface area contributed by atoms with E-state index in [1.54, 1.807) is 12.1 Å². The first-order valence-corrected chi connectivity index (χ1v) is 7.35. The molecule has 3 rings (SSSR count). The normalized spacial score (nSPS) is 16.2. The summed E-state index contributed by atoms with van der Waals surface area (Å²) < 4.78 is 5.51. The molecule has 0 aromatic heterocycles. The molecule has 1 atom stereocenters. The summed E-state index contributed by atoms with van der Waals surface area (Å²) >= 11 is 0. The van der Waals surface area contributed by atoms with Gasteiger partial charge in [-0.2, -0.15) is 0 Å². The smallest absolute Gasteiger partial charge is 0.232 e. The Bertz CT molecular complexity index is 724. The summed E-state index contributed by atoms with van der Waals surface area (Å²) in [5.74, 6) is 0.0497. The van der Waals surface area contributed by atoms with E-state index in [1.807, 2.05) is 43.3 Å². The number of ketones is 1. The van der Waals surface area contributed by atoms with Gasteiger partial charge in [0.25, 0.3) is 0 Å². The van der Waals surface area contributed by atoms with Gasteiger partial charge in [-0.1, -0.05) is 36.4 Å². The van der Waals surface area contributed by atoms with Crippen LogP contribution in [0.1, 0.15) is 35.2 Å². The molecule has 112 valence electrons. The van der Waals surface area contributed by atoms with Crippen molar-refractivity contribution in [3.8, 4) is 5.75 Å². The zero-order valence-corrected chi connectivity index (χ0v) is 12.3. The lowest BCUT2D eigenvalue weighted by atomic mass is 10.0. The molecule has 0 fully saturated rings. The van der Waals surface area contributed by atoms with Crippen molar-refractivity contribution in [1.29, 1.82) is 0 Å². The van der Waals surface area contributed by atoms with Crippen LogP contribution in [0.5, 0.6) is 5.75 Å². The predicted molar refractivity (Wildman–Crippen MR) is 84.4 cm³/mol. The van der Waals surface area contributed by atoms with Crippen molar-refractivity contribution < 1.29 is 14.3 Å². The van der Waals surface area contributed by atoms with E-state index in [0.29, 0.717) is 23.6 Å². The molecule has 0 bridgehead atoms. The Labute approximate surface area is 129 Å². The van der Waals surface area contributed by atoms with Crippen molar-refractivity contribution in [2.75, 3.05) is 11.9 Å². The third-order valence-electron chi connectivity index (χ3n) is 3.79. The van der Waals surface area contributed by atoms with Gasteiger partial charge >= 0.3 is 0 Å². The Kier molecular flexibility index (Phi) is 3.92. The molecule has 0 saturated carbocycles. The number of hydrogen-bond donors (Lipinski definition) is 1. The molecule has 2 aromatic rings. The van der Waals surface area contributed by atoms with Crippen LogP contribution in [0.3, 0.4) is 0 Å². The highest BCUT2D eigenvalue weighted by molar-refractivity contribution is 6.09. The molecular formula is C18H17NO3. The van der Waals surface area contributed by atoms with E-state index in [2.05, 4.69) is 5.32 Å². The molecule has 1 amide bonds. The fourth-order valence-corrected chi connectivity index (χ4v) is 2.77. The number of para-hydroxylation sites is 2. The second kappa shape index (κ2) is 6.02. The van der Waals surface area contributed by atoms with Crippen molar-refractivity contribution >= 4 is 17.4 Å². The first-order chi connectivity index (χ1) is 10.7. The van der Waals surface area contributed by atoms with E-state index in [9.17, 15) is 9.59 Å². The van der Waals surface area contributed by atoms with E-state index in [1.165, 1.54) is 0 Å². The number of hydrogen-bond acceptors (Lipinski definition) is 3. The fraction of sp³-hybridized carbons (Fsp3) is 0.222. The molecule has 4 nitrogen and oxygen atoms in total. The molecule has 1 aliphatic rings. The number of benzene rings is 2. The minimum absolute atomic E-state index is 0.0221. The van der Waals surface area contributed by atoms with Gasteiger partial charge in [-0.15, -0.1) is 0 Å². The number of fused-ring (bicyclic) bond motifs is 1. The average molecular weight is 295 g/mol. The van der Waals surface area contributed by atoms with Gasteiger partial charge in [-0.25, -0.2) is 0 Å². The second-order valence-corrected chi connectivity index (χ2v) is 5.19. The lowest BCUT2D eigenvalue weighted by Crippen LogP contribution is -2.20. The molecule has 0 aliphatic heterocycles. The van der Waals surface area contributed by atoms with Crippen molar-refractivity contribution in [3.63, 3.8) is 0 Å². The maximum absolute atomic E-state index is 12.6. The summed E-state index contributed by atoms with van der Waals surface area (Å²) in [6.45, 7) is 2.42. The topological polar surface area (TPSA) is 55.4 Å². The van der Waals surface area contributed by atoms with E-state index < -0.39 is 5.92 Å². The van der Waals surface area contributed by atoms with E-state index >= 15 is 0 Å². The average Bonchev–Trinajstić information content (AvgIpc) is 2.87. The molecule has 1 N–H and O–H groups in total. The molecule has 0 radical (unpaired) electrons. The quantitative estimate of drug-likeness (QED) is 0.940. The van der Waals surface area contributed by atoms with E-state index in [0.717, 1.165) is 5.56 Å². The first-order valence-electron chi connectivity index (χ1n) is 7.35. The van der Waals surface area contributed by atoms with Crippen LogP contribution >= 0.6 is 0 Å². The highest BCUT2D eigenvalue weighted by Gasteiger charge is 2.34. The minimum atomic E-state index is -0.432. The van der Waals surface area contributed by atoms with Gasteiger partial charge < -0.3 is 10.1 Å². The lowest BCUT2D eigenvalue weighted by Gasteiger charge is -2.14. The number of amides is 1. The van der Waals surface area contributed by atoms with Crippen LogP contribution in [0.4, 0.5) is 5.69 Å². The Morgan fingerprint density at radius 3 is 2.73 bits per heavy atom. The zero-order chi connectivity index (χ0) is 15.5. The Balaban J connectivity index is 1.83. The van der Waals surface area contributed by atoms with E-state index in [4.69, 9.17) is 4.74 Å². The summed E-state index contributed by atoms with van der Waals surface area (Å²) in [5.41, 5.74) is 2.09. The van der Waals surface area contributed by atoms with Gasteiger partial charge in [0, 0.05) is 12.0 Å². The van der Waals surface area contributed by atoms with Crippen molar-refractivity contribution in [1.82, 2.24) is 0 Å². The molecule has 4 heteroatoms. The van der Waals surface area contributed by atoms with Gasteiger partial charge in [0.1, 0.15) is 5.75 Å². The van der Waals surface area contributed by atoms with Crippen LogP contribution in [0.15, 0.2) is 48.5 Å². The first kappa shape index (κ1) is 14.3. The standard InChI is InChI=1S/C18H17NO3/c1-2-22-17-10-6-5-9-15(17)19-18(21)14-11-16(20)13-8-4-3-7-12(13)14/h3-10,14H,2,11H2,1H3,(H,19,21)/t14-/m0/s1. The molecule has 22 heavy (non-hydrogen) atoms. The van der Waals surface area contributed by atoms with Crippen LogP contribution in [-0.4, -0.2) is 18.3 Å². The largest absolute Gasteiger partial charge is 0.492 e.